The Labute approximate surface area is 225 Å². The third kappa shape index (κ3) is 6.06. The maximum atomic E-state index is 14.0. The zero-order valence-electron chi connectivity index (χ0n) is 21.7. The second-order valence-electron chi connectivity index (χ2n) is 10.1. The molecule has 1 saturated carbocycles. The van der Waals surface area contributed by atoms with Crippen molar-refractivity contribution in [1.82, 2.24) is 14.9 Å². The van der Waals surface area contributed by atoms with Crippen LogP contribution in [-0.4, -0.2) is 64.1 Å². The summed E-state index contributed by atoms with van der Waals surface area (Å²) in [4.78, 5) is 38.2. The molecule has 0 spiro atoms. The molecule has 2 N–H and O–H groups in total. The van der Waals surface area contributed by atoms with Crippen molar-refractivity contribution in [1.29, 1.82) is 0 Å². The molecule has 39 heavy (non-hydrogen) atoms. The number of aliphatic hydroxyl groups excluding tert-OH is 1. The van der Waals surface area contributed by atoms with E-state index >= 15 is 0 Å². The number of benzene rings is 2. The van der Waals surface area contributed by atoms with E-state index in [0.29, 0.717) is 37.4 Å². The number of nitrogens with zero attached hydrogens (tertiary/aromatic N) is 4. The van der Waals surface area contributed by atoms with Gasteiger partial charge in [-0.15, -0.1) is 0 Å². The number of hydrogen-bond acceptors (Lipinski definition) is 6. The molecule has 204 valence electrons. The lowest BCUT2D eigenvalue weighted by Crippen LogP contribution is -2.49. The summed E-state index contributed by atoms with van der Waals surface area (Å²) in [6.07, 6.45) is 3.52. The van der Waals surface area contributed by atoms with Crippen molar-refractivity contribution in [3.8, 4) is 11.3 Å². The molecular weight excluding hydrogens is 504 g/mol. The van der Waals surface area contributed by atoms with Gasteiger partial charge in [0, 0.05) is 61.3 Å². The normalized spacial score (nSPS) is 16.6. The summed E-state index contributed by atoms with van der Waals surface area (Å²) in [6.45, 7) is 3.76. The number of alkyl halides is 2. The second-order valence-corrected chi connectivity index (χ2v) is 10.1. The highest BCUT2D eigenvalue weighted by Crippen LogP contribution is 2.33. The highest BCUT2D eigenvalue weighted by atomic mass is 19.3. The minimum Gasteiger partial charge on any atom is -0.387 e. The van der Waals surface area contributed by atoms with Crippen molar-refractivity contribution in [2.24, 2.45) is 5.92 Å². The number of nitrogens with one attached hydrogen (secondary N) is 1. The number of rotatable bonds is 8. The Kier molecular flexibility index (Phi) is 7.56. The number of hydrogen-bond donors (Lipinski definition) is 2. The number of piperazine rings is 1. The van der Waals surface area contributed by atoms with Crippen molar-refractivity contribution in [2.75, 3.05) is 36.4 Å². The van der Waals surface area contributed by atoms with Crippen LogP contribution in [0.25, 0.3) is 11.3 Å². The van der Waals surface area contributed by atoms with Gasteiger partial charge in [0.1, 0.15) is 11.8 Å². The lowest BCUT2D eigenvalue weighted by molar-refractivity contribution is -0.132. The third-order valence-electron chi connectivity index (χ3n) is 7.17. The molecule has 10 heteroatoms. The number of aromatic nitrogens is 2. The van der Waals surface area contributed by atoms with Gasteiger partial charge in [0.2, 0.25) is 11.8 Å². The van der Waals surface area contributed by atoms with Crippen molar-refractivity contribution in [3.63, 3.8) is 0 Å². The molecule has 1 atom stereocenters. The zero-order valence-corrected chi connectivity index (χ0v) is 21.7. The Morgan fingerprint density at radius 1 is 1.00 bits per heavy atom. The van der Waals surface area contributed by atoms with Crippen molar-refractivity contribution in [3.05, 3.63) is 72.1 Å². The Morgan fingerprint density at radius 2 is 1.64 bits per heavy atom. The average Bonchev–Trinajstić information content (AvgIpc) is 3.79. The number of aliphatic hydroxyl groups is 1. The van der Waals surface area contributed by atoms with E-state index in [4.69, 9.17) is 0 Å². The Balaban J connectivity index is 1.20. The van der Waals surface area contributed by atoms with E-state index in [-0.39, 0.29) is 29.7 Å². The van der Waals surface area contributed by atoms with Crippen LogP contribution in [0.2, 0.25) is 0 Å². The van der Waals surface area contributed by atoms with Crippen LogP contribution < -0.4 is 10.2 Å². The van der Waals surface area contributed by atoms with Gasteiger partial charge in [-0.1, -0.05) is 36.4 Å². The molecule has 1 aliphatic heterocycles. The van der Waals surface area contributed by atoms with Crippen LogP contribution in [0.3, 0.4) is 0 Å². The molecule has 0 radical (unpaired) electrons. The maximum Gasteiger partial charge on any atom is 0.298 e. The molecule has 2 aliphatic rings. The van der Waals surface area contributed by atoms with Gasteiger partial charge < -0.3 is 20.2 Å². The van der Waals surface area contributed by atoms with Gasteiger partial charge in [0.05, 0.1) is 6.42 Å². The highest BCUT2D eigenvalue weighted by molar-refractivity contribution is 5.92. The number of anilines is 2. The first-order valence-corrected chi connectivity index (χ1v) is 13.1. The molecule has 2 aromatic carbocycles. The van der Waals surface area contributed by atoms with Gasteiger partial charge in [-0.2, -0.15) is 8.78 Å². The fraction of sp³-hybridized carbons (Fsp3) is 0.379. The van der Waals surface area contributed by atoms with Crippen LogP contribution in [0.1, 0.15) is 30.9 Å². The quantitative estimate of drug-likeness (QED) is 0.455. The van der Waals surface area contributed by atoms with E-state index in [2.05, 4.69) is 20.2 Å². The minimum absolute atomic E-state index is 0.0197. The van der Waals surface area contributed by atoms with E-state index in [0.717, 1.165) is 36.8 Å². The molecule has 5 rings (SSSR count). The number of amides is 2. The fourth-order valence-corrected chi connectivity index (χ4v) is 4.68. The Morgan fingerprint density at radius 3 is 2.26 bits per heavy atom. The number of carbonyl (C=O) groups is 2. The van der Waals surface area contributed by atoms with Crippen LogP contribution in [0.5, 0.6) is 0 Å². The van der Waals surface area contributed by atoms with Crippen LogP contribution in [-0.2, 0) is 21.9 Å². The predicted octanol–water partition coefficient (Wildman–Crippen LogP) is 3.86. The summed E-state index contributed by atoms with van der Waals surface area (Å²) in [6, 6.07) is 12.7. The van der Waals surface area contributed by atoms with Crippen LogP contribution in [0.4, 0.5) is 20.3 Å². The Hall–Kier alpha value is -3.92. The molecular formula is C29H31F2N5O3. The molecule has 8 nitrogen and oxygen atoms in total. The number of halogens is 2. The first kappa shape index (κ1) is 26.7. The van der Waals surface area contributed by atoms with Gasteiger partial charge in [-0.25, -0.2) is 4.98 Å². The van der Waals surface area contributed by atoms with E-state index in [1.165, 1.54) is 24.3 Å². The summed E-state index contributed by atoms with van der Waals surface area (Å²) < 4.78 is 27.9. The Bertz CT molecular complexity index is 1320. The van der Waals surface area contributed by atoms with Gasteiger partial charge in [0.25, 0.3) is 5.92 Å². The van der Waals surface area contributed by atoms with Crippen molar-refractivity contribution in [2.45, 2.75) is 38.2 Å². The standard InChI is InChI=1S/C29H31F2N5O3/c1-19(37)29(30,31)23-8-2-20(3-9-23)18-25(38)34-24-10-6-21(7-11-24)26-27(33-13-12-32-26)35-14-16-36(17-15-35)28(39)22-4-5-22/h2-3,6-13,19,22,37H,4-5,14-18H2,1H3,(H,34,38). The molecule has 2 fully saturated rings. The lowest BCUT2D eigenvalue weighted by atomic mass is 10.0. The predicted molar refractivity (Wildman–Crippen MR) is 143 cm³/mol. The highest BCUT2D eigenvalue weighted by Gasteiger charge is 2.37. The SMILES string of the molecule is CC(O)C(F)(F)c1ccc(CC(=O)Nc2ccc(-c3nccnc3N3CCN(C(=O)C4CC4)CC3)cc2)cc1. The summed E-state index contributed by atoms with van der Waals surface area (Å²) in [5, 5.41) is 12.1. The topological polar surface area (TPSA) is 98.7 Å². The first-order valence-electron chi connectivity index (χ1n) is 13.1. The molecule has 0 bridgehead atoms. The van der Waals surface area contributed by atoms with Crippen LogP contribution >= 0.6 is 0 Å². The van der Waals surface area contributed by atoms with Crippen LogP contribution in [0, 0.1) is 5.92 Å². The third-order valence-corrected chi connectivity index (χ3v) is 7.17. The molecule has 1 aromatic heterocycles. The molecule has 2 amide bonds. The van der Waals surface area contributed by atoms with Gasteiger partial charge in [-0.3, -0.25) is 14.6 Å². The molecule has 3 aromatic rings. The fourth-order valence-electron chi connectivity index (χ4n) is 4.68. The minimum atomic E-state index is -3.35. The zero-order chi connectivity index (χ0) is 27.6. The molecule has 1 saturated heterocycles. The smallest absolute Gasteiger partial charge is 0.298 e. The van der Waals surface area contributed by atoms with Gasteiger partial charge in [0.15, 0.2) is 5.82 Å². The summed E-state index contributed by atoms with van der Waals surface area (Å²) >= 11 is 0. The largest absolute Gasteiger partial charge is 0.387 e. The first-order chi connectivity index (χ1) is 18.7. The van der Waals surface area contributed by atoms with Crippen molar-refractivity contribution < 1.29 is 23.5 Å². The van der Waals surface area contributed by atoms with E-state index < -0.39 is 12.0 Å². The van der Waals surface area contributed by atoms with Crippen LogP contribution in [0.15, 0.2) is 60.9 Å². The average molecular weight is 536 g/mol. The summed E-state index contributed by atoms with van der Waals surface area (Å²) in [5.74, 6) is -2.39. The summed E-state index contributed by atoms with van der Waals surface area (Å²) in [5.41, 5.74) is 2.46. The van der Waals surface area contributed by atoms with E-state index in [1.807, 2.05) is 17.0 Å². The lowest BCUT2D eigenvalue weighted by Gasteiger charge is -2.36. The summed E-state index contributed by atoms with van der Waals surface area (Å²) in [7, 11) is 0. The molecule has 1 unspecified atom stereocenters. The maximum absolute atomic E-state index is 14.0. The number of carbonyl (C=O) groups excluding carboxylic acids is 2. The molecule has 1 aliphatic carbocycles. The van der Waals surface area contributed by atoms with Crippen molar-refractivity contribution >= 4 is 23.3 Å². The van der Waals surface area contributed by atoms with Gasteiger partial charge in [-0.05, 0) is 37.5 Å². The van der Waals surface area contributed by atoms with E-state index in [1.54, 1.807) is 24.5 Å². The monoisotopic (exact) mass is 535 g/mol. The van der Waals surface area contributed by atoms with Gasteiger partial charge >= 0.3 is 0 Å². The van der Waals surface area contributed by atoms with E-state index in [9.17, 15) is 23.5 Å². The molecule has 2 heterocycles. The second kappa shape index (κ2) is 11.1.